The number of amides is 1. The molecule has 6 nitrogen and oxygen atoms in total. The number of alkyl halides is 5. The van der Waals surface area contributed by atoms with E-state index in [1.165, 1.54) is 0 Å². The summed E-state index contributed by atoms with van der Waals surface area (Å²) in [7, 11) is 0. The van der Waals surface area contributed by atoms with Gasteiger partial charge in [0.25, 0.3) is 5.89 Å². The Kier molecular flexibility index (Phi) is 6.25. The fourth-order valence-corrected chi connectivity index (χ4v) is 6.50. The molecule has 2 bridgehead atoms. The number of hydrogen-bond acceptors (Lipinski definition) is 5. The van der Waals surface area contributed by atoms with Crippen molar-refractivity contribution in [2.45, 2.75) is 81.4 Å². The second kappa shape index (κ2) is 8.72. The predicted octanol–water partition coefficient (Wildman–Crippen LogP) is 6.27. The Morgan fingerprint density at radius 1 is 1.14 bits per heavy atom. The van der Waals surface area contributed by atoms with Crippen molar-refractivity contribution in [2.75, 3.05) is 11.4 Å². The van der Waals surface area contributed by atoms with E-state index < -0.39 is 53.7 Å². The lowest BCUT2D eigenvalue weighted by Crippen LogP contribution is -2.60. The Balaban J connectivity index is 1.35. The minimum absolute atomic E-state index is 0.273. The van der Waals surface area contributed by atoms with E-state index in [0.717, 1.165) is 4.47 Å². The number of fused-ring (bicyclic) bond motifs is 3. The summed E-state index contributed by atoms with van der Waals surface area (Å²) in [6.07, 6.45) is -2.11. The molecule has 12 heteroatoms. The van der Waals surface area contributed by atoms with Gasteiger partial charge >= 0.3 is 12.1 Å². The summed E-state index contributed by atoms with van der Waals surface area (Å²) >= 11 is 3.40. The second-order valence-electron chi connectivity index (χ2n) is 11.1. The molecule has 0 unspecified atom stereocenters. The summed E-state index contributed by atoms with van der Waals surface area (Å²) in [5.74, 6) is -5.00. The van der Waals surface area contributed by atoms with Crippen LogP contribution < -0.4 is 4.90 Å². The highest BCUT2D eigenvalue weighted by atomic mass is 79.9. The van der Waals surface area contributed by atoms with Crippen molar-refractivity contribution < 1.29 is 36.4 Å². The van der Waals surface area contributed by atoms with Gasteiger partial charge < -0.3 is 14.5 Å². The lowest BCUT2D eigenvalue weighted by molar-refractivity contribution is -0.295. The molecule has 1 N–H and O–H groups in total. The van der Waals surface area contributed by atoms with Gasteiger partial charge in [0.2, 0.25) is 5.91 Å². The van der Waals surface area contributed by atoms with E-state index in [9.17, 15) is 31.9 Å². The lowest BCUT2D eigenvalue weighted by atomic mass is 9.53. The van der Waals surface area contributed by atoms with Gasteiger partial charge in [-0.2, -0.15) is 26.9 Å². The number of carbonyl (C=O) groups is 1. The molecule has 4 aliphatic rings. The number of aromatic nitrogens is 2. The van der Waals surface area contributed by atoms with Crippen LogP contribution in [0.3, 0.4) is 0 Å². The highest BCUT2D eigenvalue weighted by Gasteiger charge is 2.63. The van der Waals surface area contributed by atoms with Gasteiger partial charge in [0.05, 0.1) is 0 Å². The van der Waals surface area contributed by atoms with Crippen molar-refractivity contribution in [3.63, 3.8) is 0 Å². The minimum Gasteiger partial charge on any atom is -0.380 e. The van der Waals surface area contributed by atoms with Gasteiger partial charge in [-0.15, -0.1) is 0 Å². The number of halogens is 6. The Morgan fingerprint density at radius 3 is 2.27 bits per heavy atom. The summed E-state index contributed by atoms with van der Waals surface area (Å²) in [6.45, 7) is 1.03. The smallest absolute Gasteiger partial charge is 0.380 e. The molecule has 0 saturated heterocycles. The van der Waals surface area contributed by atoms with Crippen molar-refractivity contribution >= 4 is 27.5 Å². The highest BCUT2D eigenvalue weighted by molar-refractivity contribution is 9.10. The van der Waals surface area contributed by atoms with Crippen LogP contribution in [0, 0.1) is 11.3 Å². The molecule has 0 spiro atoms. The Morgan fingerprint density at radius 2 is 1.76 bits per heavy atom. The first-order chi connectivity index (χ1) is 17.2. The van der Waals surface area contributed by atoms with Gasteiger partial charge in [0, 0.05) is 35.0 Å². The van der Waals surface area contributed by atoms with E-state index in [1.807, 2.05) is 0 Å². The first kappa shape index (κ1) is 26.5. The average molecular weight is 592 g/mol. The fraction of sp³-hybridized carbons (Fsp3) is 0.640. The van der Waals surface area contributed by atoms with Crippen LogP contribution in [0.15, 0.2) is 33.3 Å². The lowest BCUT2D eigenvalue weighted by Gasteiger charge is -2.54. The monoisotopic (exact) mass is 591 g/mol. The fourth-order valence-electron chi connectivity index (χ4n) is 6.11. The molecule has 2 aromatic rings. The van der Waals surface area contributed by atoms with Crippen LogP contribution in [-0.4, -0.2) is 39.5 Å². The van der Waals surface area contributed by atoms with Crippen LogP contribution in [0.4, 0.5) is 27.6 Å². The maximum absolute atomic E-state index is 13.6. The molecule has 37 heavy (non-hydrogen) atoms. The number of anilines is 1. The molecule has 1 amide bonds. The zero-order chi connectivity index (χ0) is 26.9. The van der Waals surface area contributed by atoms with E-state index in [0.29, 0.717) is 57.7 Å². The molecular formula is C25H27BrF5N3O3. The Hall–Kier alpha value is -2.08. The van der Waals surface area contributed by atoms with Crippen LogP contribution in [0.1, 0.15) is 70.0 Å². The summed E-state index contributed by atoms with van der Waals surface area (Å²) in [4.78, 5) is 19.1. The number of carbonyl (C=O) groups excluding carboxylic acids is 1. The Labute approximate surface area is 218 Å². The molecular weight excluding hydrogens is 565 g/mol. The topological polar surface area (TPSA) is 79.5 Å². The molecule has 1 aromatic carbocycles. The van der Waals surface area contributed by atoms with Crippen LogP contribution in [-0.2, 0) is 16.1 Å². The van der Waals surface area contributed by atoms with Gasteiger partial charge in [-0.25, -0.2) is 0 Å². The highest BCUT2D eigenvalue weighted by Crippen LogP contribution is 2.58. The molecule has 4 fully saturated rings. The van der Waals surface area contributed by atoms with Gasteiger partial charge in [0.1, 0.15) is 0 Å². The largest absolute Gasteiger partial charge is 0.417 e. The van der Waals surface area contributed by atoms with Gasteiger partial charge in [-0.3, -0.25) is 4.79 Å². The Bertz CT molecular complexity index is 1160. The van der Waals surface area contributed by atoms with Crippen molar-refractivity contribution in [3.8, 4) is 0 Å². The molecule has 6 rings (SSSR count). The van der Waals surface area contributed by atoms with Crippen LogP contribution in [0.5, 0.6) is 0 Å². The quantitative estimate of drug-likeness (QED) is 0.400. The summed E-state index contributed by atoms with van der Waals surface area (Å²) in [5, 5.41) is 13.8. The molecule has 4 saturated carbocycles. The number of nitrogens with zero attached hydrogens (tertiary/aromatic N) is 3. The first-order valence-corrected chi connectivity index (χ1v) is 13.0. The van der Waals surface area contributed by atoms with E-state index in [-0.39, 0.29) is 11.2 Å². The van der Waals surface area contributed by atoms with Crippen LogP contribution in [0.25, 0.3) is 0 Å². The first-order valence-electron chi connectivity index (χ1n) is 12.2. The number of aliphatic hydroxyl groups is 1. The standard InChI is InChI=1S/C25H27BrF5N3O3/c1-21(27,28)20-32-19(33-37-20)23-8-5-22(6-9-23,7-10-23)14-34(17-4-2-3-16(26)11-17)18(35)15-12-24(36,13-15)25(29,30)31/h2-4,11,15,36H,5-10,12-14H2,1H3. The molecule has 0 radical (unpaired) electrons. The maximum atomic E-state index is 13.6. The second-order valence-corrected chi connectivity index (χ2v) is 12.0. The van der Waals surface area contributed by atoms with Crippen LogP contribution >= 0.6 is 15.9 Å². The molecule has 4 aliphatic carbocycles. The third-order valence-corrected chi connectivity index (χ3v) is 9.10. The predicted molar refractivity (Wildman–Crippen MR) is 126 cm³/mol. The normalized spacial score (nSPS) is 31.7. The van der Waals surface area contributed by atoms with E-state index in [1.54, 1.807) is 29.2 Å². The molecule has 0 aliphatic heterocycles. The van der Waals surface area contributed by atoms with Crippen LogP contribution in [0.2, 0.25) is 0 Å². The summed E-state index contributed by atoms with van der Waals surface area (Å²) < 4.78 is 72.4. The van der Waals surface area contributed by atoms with Crippen molar-refractivity contribution in [1.82, 2.24) is 10.1 Å². The third-order valence-electron chi connectivity index (χ3n) is 8.60. The van der Waals surface area contributed by atoms with Crippen molar-refractivity contribution in [2.24, 2.45) is 11.3 Å². The van der Waals surface area contributed by atoms with Gasteiger partial charge in [0.15, 0.2) is 11.4 Å². The third kappa shape index (κ3) is 4.68. The molecule has 1 aromatic heterocycles. The van der Waals surface area contributed by atoms with Crippen molar-refractivity contribution in [1.29, 1.82) is 0 Å². The molecule has 202 valence electrons. The summed E-state index contributed by atoms with van der Waals surface area (Å²) in [5.41, 5.74) is -2.99. The number of benzene rings is 1. The molecule has 1 heterocycles. The van der Waals surface area contributed by atoms with E-state index >= 15 is 0 Å². The van der Waals surface area contributed by atoms with Gasteiger partial charge in [-0.05, 0) is 75.0 Å². The van der Waals surface area contributed by atoms with Crippen molar-refractivity contribution in [3.05, 3.63) is 40.5 Å². The van der Waals surface area contributed by atoms with E-state index in [4.69, 9.17) is 4.52 Å². The number of rotatable bonds is 6. The zero-order valence-electron chi connectivity index (χ0n) is 20.1. The zero-order valence-corrected chi connectivity index (χ0v) is 21.7. The van der Waals surface area contributed by atoms with E-state index in [2.05, 4.69) is 26.1 Å². The maximum Gasteiger partial charge on any atom is 0.417 e. The summed E-state index contributed by atoms with van der Waals surface area (Å²) in [6, 6.07) is 7.06. The average Bonchev–Trinajstić information content (AvgIpc) is 3.33. The van der Waals surface area contributed by atoms with Gasteiger partial charge in [-0.1, -0.05) is 27.2 Å². The minimum atomic E-state index is -4.78. The SMILES string of the molecule is CC(F)(F)c1nc(C23CCC(CN(C(=O)C4CC(O)(C(F)(F)F)C4)c4cccc(Br)c4)(CC2)CC3)no1. The molecule has 0 atom stereocenters. The number of hydrogen-bond donors (Lipinski definition) is 1.